The Bertz CT molecular complexity index is 600. The zero-order valence-corrected chi connectivity index (χ0v) is 15.7. The number of nitrogens with two attached hydrogens (primary N) is 1. The highest BCUT2D eigenvalue weighted by Gasteiger charge is 2.52. The van der Waals surface area contributed by atoms with Gasteiger partial charge in [-0.15, -0.1) is 0 Å². The lowest BCUT2D eigenvalue weighted by Crippen LogP contribution is -2.54. The van der Waals surface area contributed by atoms with Crippen molar-refractivity contribution in [1.82, 2.24) is 15.5 Å². The molecule has 4 amide bonds. The van der Waals surface area contributed by atoms with E-state index in [9.17, 15) is 19.2 Å². The van der Waals surface area contributed by atoms with E-state index in [4.69, 9.17) is 10.5 Å². The molecule has 0 radical (unpaired) electrons. The Morgan fingerprint density at radius 1 is 1.23 bits per heavy atom. The van der Waals surface area contributed by atoms with E-state index >= 15 is 0 Å². The third-order valence-corrected chi connectivity index (χ3v) is 4.65. The summed E-state index contributed by atoms with van der Waals surface area (Å²) >= 11 is 0. The molecule has 9 nitrogen and oxygen atoms in total. The molecule has 1 aliphatic carbocycles. The van der Waals surface area contributed by atoms with E-state index in [0.29, 0.717) is 25.8 Å². The lowest BCUT2D eigenvalue weighted by atomic mass is 10.1. The molecule has 0 aromatic heterocycles. The first-order valence-electron chi connectivity index (χ1n) is 8.86. The summed E-state index contributed by atoms with van der Waals surface area (Å²) in [5.74, 6) is -1.81. The summed E-state index contributed by atoms with van der Waals surface area (Å²) in [5, 5.41) is 5.15. The molecule has 1 heterocycles. The molecule has 1 saturated carbocycles. The van der Waals surface area contributed by atoms with Crippen LogP contribution >= 0.6 is 0 Å². The van der Waals surface area contributed by atoms with Gasteiger partial charge in [0, 0.05) is 25.4 Å². The van der Waals surface area contributed by atoms with Crippen LogP contribution in [0.15, 0.2) is 0 Å². The van der Waals surface area contributed by atoms with Crippen LogP contribution in [0, 0.1) is 11.8 Å². The molecule has 0 aromatic carbocycles. The van der Waals surface area contributed by atoms with Gasteiger partial charge < -0.3 is 26.0 Å². The number of ether oxygens (including phenoxy) is 1. The number of nitrogens with one attached hydrogen (secondary N) is 2. The molecule has 4 N–H and O–H groups in total. The van der Waals surface area contributed by atoms with Gasteiger partial charge in [0.15, 0.2) is 0 Å². The largest absolute Gasteiger partial charge is 0.444 e. The highest BCUT2D eigenvalue weighted by atomic mass is 16.6. The smallest absolute Gasteiger partial charge is 0.408 e. The van der Waals surface area contributed by atoms with E-state index in [0.717, 1.165) is 0 Å². The van der Waals surface area contributed by atoms with Crippen LogP contribution in [0.3, 0.4) is 0 Å². The van der Waals surface area contributed by atoms with Crippen LogP contribution in [0.1, 0.15) is 40.0 Å². The fourth-order valence-corrected chi connectivity index (χ4v) is 3.36. The minimum Gasteiger partial charge on any atom is -0.444 e. The quantitative estimate of drug-likeness (QED) is 0.615. The van der Waals surface area contributed by atoms with Crippen molar-refractivity contribution in [3.05, 3.63) is 0 Å². The topological polar surface area (TPSA) is 131 Å². The number of carbonyl (C=O) groups is 4. The maximum absolute atomic E-state index is 13.0. The third-order valence-electron chi connectivity index (χ3n) is 4.65. The van der Waals surface area contributed by atoms with E-state index in [1.54, 1.807) is 20.8 Å². The molecule has 146 valence electrons. The van der Waals surface area contributed by atoms with Crippen LogP contribution in [-0.4, -0.2) is 60.0 Å². The van der Waals surface area contributed by atoms with Gasteiger partial charge in [-0.2, -0.15) is 0 Å². The summed E-state index contributed by atoms with van der Waals surface area (Å²) in [6.45, 7) is 5.56. The SMILES string of the molecule is CNC(=O)[C@H]1C[C@@H]1[C@H](NC(=O)OC(C)(C)C)C(=O)N1CCCC1C(N)=O. The summed E-state index contributed by atoms with van der Waals surface area (Å²) in [4.78, 5) is 50.1. The second-order valence-corrected chi connectivity index (χ2v) is 7.84. The standard InChI is InChI=1S/C17H28N4O5/c1-17(2,3)26-16(25)20-12(9-8-10(9)14(23)19-4)15(24)21-7-5-6-11(21)13(18)22/h9-12H,5-8H2,1-4H3,(H2,18,22)(H,19,23)(H,20,25)/t9-,10-,11?,12-/m0/s1. The number of amides is 4. The fourth-order valence-electron chi connectivity index (χ4n) is 3.36. The average Bonchev–Trinajstić information content (AvgIpc) is 3.15. The predicted octanol–water partition coefficient (Wildman–Crippen LogP) is -0.262. The number of nitrogens with zero attached hydrogens (tertiary/aromatic N) is 1. The Kier molecular flexibility index (Phi) is 5.77. The van der Waals surface area contributed by atoms with Crippen LogP contribution in [0.4, 0.5) is 4.79 Å². The second kappa shape index (κ2) is 7.51. The molecule has 4 atom stereocenters. The number of likely N-dealkylation sites (tertiary alicyclic amines) is 1. The van der Waals surface area contributed by atoms with Gasteiger partial charge in [-0.05, 0) is 40.0 Å². The van der Waals surface area contributed by atoms with Gasteiger partial charge in [0.2, 0.25) is 17.7 Å². The molecular weight excluding hydrogens is 340 g/mol. The van der Waals surface area contributed by atoms with Crippen LogP contribution < -0.4 is 16.4 Å². The normalized spacial score (nSPS) is 26.0. The maximum Gasteiger partial charge on any atom is 0.408 e. The van der Waals surface area contributed by atoms with E-state index in [-0.39, 0.29) is 17.7 Å². The van der Waals surface area contributed by atoms with E-state index < -0.39 is 35.6 Å². The number of hydrogen-bond acceptors (Lipinski definition) is 5. The van der Waals surface area contributed by atoms with Crippen molar-refractivity contribution in [1.29, 1.82) is 0 Å². The van der Waals surface area contributed by atoms with E-state index in [1.165, 1.54) is 11.9 Å². The summed E-state index contributed by atoms with van der Waals surface area (Å²) in [6, 6.07) is -1.60. The lowest BCUT2D eigenvalue weighted by Gasteiger charge is -2.29. The zero-order chi connectivity index (χ0) is 19.6. The minimum absolute atomic E-state index is 0.174. The third kappa shape index (κ3) is 4.64. The Morgan fingerprint density at radius 2 is 1.88 bits per heavy atom. The molecule has 2 fully saturated rings. The minimum atomic E-state index is -0.924. The van der Waals surface area contributed by atoms with Gasteiger partial charge >= 0.3 is 6.09 Å². The van der Waals surface area contributed by atoms with Gasteiger partial charge in [-0.1, -0.05) is 0 Å². The second-order valence-electron chi connectivity index (χ2n) is 7.84. The highest BCUT2D eigenvalue weighted by Crippen LogP contribution is 2.42. The van der Waals surface area contributed by atoms with Crippen LogP contribution in [0.5, 0.6) is 0 Å². The van der Waals surface area contributed by atoms with Gasteiger partial charge in [0.25, 0.3) is 0 Å². The number of carbonyl (C=O) groups excluding carboxylic acids is 4. The predicted molar refractivity (Wildman–Crippen MR) is 92.8 cm³/mol. The summed E-state index contributed by atoms with van der Waals surface area (Å²) < 4.78 is 5.24. The molecule has 1 unspecified atom stereocenters. The van der Waals surface area contributed by atoms with Gasteiger partial charge in [0.05, 0.1) is 0 Å². The number of alkyl carbamates (subject to hydrolysis) is 1. The zero-order valence-electron chi connectivity index (χ0n) is 15.7. The van der Waals surface area contributed by atoms with Crippen LogP contribution in [0.2, 0.25) is 0 Å². The molecule has 1 aliphatic heterocycles. The van der Waals surface area contributed by atoms with E-state index in [2.05, 4.69) is 10.6 Å². The molecule has 26 heavy (non-hydrogen) atoms. The molecule has 0 bridgehead atoms. The maximum atomic E-state index is 13.0. The average molecular weight is 368 g/mol. The molecular formula is C17H28N4O5. The Morgan fingerprint density at radius 3 is 2.42 bits per heavy atom. The van der Waals surface area contributed by atoms with Crippen LogP contribution in [0.25, 0.3) is 0 Å². The lowest BCUT2D eigenvalue weighted by molar-refractivity contribution is -0.139. The first kappa shape index (κ1) is 20.0. The molecule has 2 aliphatic rings. The van der Waals surface area contributed by atoms with Gasteiger partial charge in [-0.3, -0.25) is 14.4 Å². The Labute approximate surface area is 153 Å². The fraction of sp³-hybridized carbons (Fsp3) is 0.765. The van der Waals surface area contributed by atoms with Crippen molar-refractivity contribution >= 4 is 23.8 Å². The first-order chi connectivity index (χ1) is 12.0. The van der Waals surface area contributed by atoms with Crippen molar-refractivity contribution in [3.8, 4) is 0 Å². The summed E-state index contributed by atoms with van der Waals surface area (Å²) in [6.07, 6.45) is 0.931. The Hall–Kier alpha value is -2.32. The summed E-state index contributed by atoms with van der Waals surface area (Å²) in [7, 11) is 1.53. The van der Waals surface area contributed by atoms with Crippen molar-refractivity contribution in [3.63, 3.8) is 0 Å². The monoisotopic (exact) mass is 368 g/mol. The van der Waals surface area contributed by atoms with Crippen molar-refractivity contribution in [2.45, 2.75) is 57.7 Å². The number of primary amides is 1. The van der Waals surface area contributed by atoms with Crippen molar-refractivity contribution in [2.75, 3.05) is 13.6 Å². The van der Waals surface area contributed by atoms with Crippen molar-refractivity contribution < 1.29 is 23.9 Å². The number of hydrogen-bond donors (Lipinski definition) is 3. The van der Waals surface area contributed by atoms with Gasteiger partial charge in [-0.25, -0.2) is 4.79 Å². The number of rotatable bonds is 5. The van der Waals surface area contributed by atoms with Crippen molar-refractivity contribution in [2.24, 2.45) is 17.6 Å². The molecule has 0 spiro atoms. The molecule has 2 rings (SSSR count). The summed E-state index contributed by atoms with van der Waals surface area (Å²) in [5.41, 5.74) is 4.67. The molecule has 9 heteroatoms. The molecule has 0 aromatic rings. The Balaban J connectivity index is 2.15. The highest BCUT2D eigenvalue weighted by molar-refractivity contribution is 5.93. The van der Waals surface area contributed by atoms with Crippen LogP contribution in [-0.2, 0) is 19.1 Å². The van der Waals surface area contributed by atoms with E-state index in [1.807, 2.05) is 0 Å². The first-order valence-corrected chi connectivity index (χ1v) is 8.86. The van der Waals surface area contributed by atoms with Gasteiger partial charge in [0.1, 0.15) is 17.7 Å². The molecule has 1 saturated heterocycles.